The number of benzene rings is 3. The number of aromatic nitrogens is 1. The van der Waals surface area contributed by atoms with Crippen molar-refractivity contribution in [2.45, 2.75) is 25.0 Å². The number of ether oxygens (including phenoxy) is 1. The van der Waals surface area contributed by atoms with Crippen LogP contribution in [0.5, 0.6) is 0 Å². The highest BCUT2D eigenvalue weighted by Crippen LogP contribution is 2.49. The van der Waals surface area contributed by atoms with E-state index < -0.39 is 0 Å². The lowest BCUT2D eigenvalue weighted by molar-refractivity contribution is 0.0720. The minimum absolute atomic E-state index is 0.0282. The van der Waals surface area contributed by atoms with Crippen molar-refractivity contribution in [2.75, 3.05) is 11.5 Å². The minimum atomic E-state index is -0.360. The molecule has 3 aromatic carbocycles. The zero-order valence-electron chi connectivity index (χ0n) is 17.2. The van der Waals surface area contributed by atoms with Crippen LogP contribution in [0.25, 0.3) is 10.9 Å². The first-order valence-electron chi connectivity index (χ1n) is 10.7. The Kier molecular flexibility index (Phi) is 4.15. The first kappa shape index (κ1) is 18.3. The number of nitrogens with zero attached hydrogens (tertiary/aromatic N) is 2. The molecule has 31 heavy (non-hydrogen) atoms. The van der Waals surface area contributed by atoms with Crippen LogP contribution in [0, 0.1) is 6.92 Å². The molecule has 2 aliphatic heterocycles. The number of carbonyl (C=O) groups excluding carboxylic acids is 1. The van der Waals surface area contributed by atoms with Crippen molar-refractivity contribution in [2.24, 2.45) is 0 Å². The summed E-state index contributed by atoms with van der Waals surface area (Å²) in [5.41, 5.74) is 5.93. The van der Waals surface area contributed by atoms with Gasteiger partial charge in [-0.2, -0.15) is 0 Å². The maximum atomic E-state index is 13.7. The Morgan fingerprint density at radius 1 is 0.935 bits per heavy atom. The van der Waals surface area contributed by atoms with E-state index >= 15 is 0 Å². The second-order valence-electron chi connectivity index (χ2n) is 8.38. The molecule has 4 nitrogen and oxygen atoms in total. The van der Waals surface area contributed by atoms with Crippen LogP contribution in [0.2, 0.25) is 0 Å². The molecule has 0 saturated carbocycles. The van der Waals surface area contributed by atoms with Crippen LogP contribution in [0.15, 0.2) is 85.1 Å². The molecule has 1 saturated heterocycles. The van der Waals surface area contributed by atoms with E-state index in [-0.39, 0.29) is 24.0 Å². The smallest absolute Gasteiger partial charge is 0.260 e. The van der Waals surface area contributed by atoms with Crippen molar-refractivity contribution < 1.29 is 9.53 Å². The summed E-state index contributed by atoms with van der Waals surface area (Å²) in [5, 5.41) is 1.01. The molecular formula is C27H22N2O2. The highest BCUT2D eigenvalue weighted by Gasteiger charge is 2.49. The van der Waals surface area contributed by atoms with Crippen LogP contribution >= 0.6 is 0 Å². The Balaban J connectivity index is 1.54. The SMILES string of the molecule is Cc1ccc(C2CO[C@H]3[C@@H]2c2ccccc2C(=O)N3c2cccc3cccnc23)cc1. The first-order valence-corrected chi connectivity index (χ1v) is 10.7. The zero-order valence-corrected chi connectivity index (χ0v) is 17.2. The predicted octanol–water partition coefficient (Wildman–Crippen LogP) is 5.43. The van der Waals surface area contributed by atoms with Crippen LogP contribution in [-0.2, 0) is 4.74 Å². The average Bonchev–Trinajstić information content (AvgIpc) is 3.25. The van der Waals surface area contributed by atoms with E-state index in [1.54, 1.807) is 6.20 Å². The first-order chi connectivity index (χ1) is 15.2. The number of para-hydroxylation sites is 1. The van der Waals surface area contributed by atoms with Crippen molar-refractivity contribution in [3.8, 4) is 0 Å². The number of anilines is 1. The van der Waals surface area contributed by atoms with Crippen LogP contribution in [0.3, 0.4) is 0 Å². The van der Waals surface area contributed by atoms with E-state index in [1.165, 1.54) is 11.1 Å². The standard InChI is InChI=1S/C27H22N2O2/c1-17-11-13-18(14-12-17)22-16-31-27-24(22)20-8-2-3-9-21(20)26(30)29(27)23-10-4-6-19-7-5-15-28-25(19)23/h2-15,22,24,27H,16H2,1H3/t22?,24-,27+/m1/s1. The van der Waals surface area contributed by atoms with Crippen molar-refractivity contribution in [1.82, 2.24) is 4.98 Å². The van der Waals surface area contributed by atoms with E-state index in [0.717, 1.165) is 27.7 Å². The van der Waals surface area contributed by atoms with Gasteiger partial charge in [-0.15, -0.1) is 0 Å². The summed E-state index contributed by atoms with van der Waals surface area (Å²) in [6, 6.07) is 26.6. The second-order valence-corrected chi connectivity index (χ2v) is 8.38. The van der Waals surface area contributed by atoms with E-state index in [2.05, 4.69) is 42.2 Å². The Hall–Kier alpha value is -3.50. The topological polar surface area (TPSA) is 42.4 Å². The number of pyridine rings is 1. The molecule has 4 aromatic rings. The summed E-state index contributed by atoms with van der Waals surface area (Å²) in [6.45, 7) is 2.68. The molecule has 4 heteroatoms. The van der Waals surface area contributed by atoms with Gasteiger partial charge in [0, 0.05) is 29.0 Å². The minimum Gasteiger partial charge on any atom is -0.357 e. The van der Waals surface area contributed by atoms with Gasteiger partial charge in [-0.05, 0) is 36.2 Å². The molecule has 3 atom stereocenters. The highest BCUT2D eigenvalue weighted by molar-refractivity contribution is 6.12. The van der Waals surface area contributed by atoms with Crippen molar-refractivity contribution in [1.29, 1.82) is 0 Å². The van der Waals surface area contributed by atoms with Gasteiger partial charge in [-0.3, -0.25) is 14.7 Å². The van der Waals surface area contributed by atoms with E-state index in [1.807, 2.05) is 53.4 Å². The van der Waals surface area contributed by atoms with Gasteiger partial charge >= 0.3 is 0 Å². The Labute approximate surface area is 181 Å². The maximum Gasteiger partial charge on any atom is 0.260 e. The molecule has 1 aromatic heterocycles. The number of amides is 1. The van der Waals surface area contributed by atoms with Crippen molar-refractivity contribution in [3.05, 3.63) is 107 Å². The van der Waals surface area contributed by atoms with Gasteiger partial charge < -0.3 is 4.74 Å². The van der Waals surface area contributed by atoms with Crippen LogP contribution in [-0.4, -0.2) is 23.7 Å². The third kappa shape index (κ3) is 2.79. The Morgan fingerprint density at radius 3 is 2.61 bits per heavy atom. The lowest BCUT2D eigenvalue weighted by Gasteiger charge is -2.39. The average molecular weight is 406 g/mol. The van der Waals surface area contributed by atoms with Gasteiger partial charge in [-0.1, -0.05) is 66.2 Å². The third-order valence-corrected chi connectivity index (χ3v) is 6.59. The lowest BCUT2D eigenvalue weighted by Crippen LogP contribution is -2.48. The van der Waals surface area contributed by atoms with E-state index in [9.17, 15) is 4.79 Å². The molecule has 1 unspecified atom stereocenters. The van der Waals surface area contributed by atoms with Gasteiger partial charge in [-0.25, -0.2) is 0 Å². The second kappa shape index (κ2) is 7.03. The zero-order chi connectivity index (χ0) is 20.9. The molecule has 0 bridgehead atoms. The molecule has 6 rings (SSSR count). The molecule has 152 valence electrons. The van der Waals surface area contributed by atoms with Crippen LogP contribution in [0.4, 0.5) is 5.69 Å². The fraction of sp³-hybridized carbons (Fsp3) is 0.185. The summed E-state index contributed by atoms with van der Waals surface area (Å²) in [6.07, 6.45) is 1.41. The number of aryl methyl sites for hydroxylation is 1. The molecule has 0 spiro atoms. The van der Waals surface area contributed by atoms with Gasteiger partial charge in [0.2, 0.25) is 0 Å². The molecule has 0 aliphatic carbocycles. The summed E-state index contributed by atoms with van der Waals surface area (Å²) in [7, 11) is 0. The summed E-state index contributed by atoms with van der Waals surface area (Å²) in [5.74, 6) is 0.223. The molecule has 1 amide bonds. The Bertz CT molecular complexity index is 1290. The van der Waals surface area contributed by atoms with E-state index in [0.29, 0.717) is 6.61 Å². The number of rotatable bonds is 2. The van der Waals surface area contributed by atoms with Crippen LogP contribution in [0.1, 0.15) is 38.9 Å². The largest absolute Gasteiger partial charge is 0.357 e. The summed E-state index contributed by atoms with van der Waals surface area (Å²) < 4.78 is 6.37. The summed E-state index contributed by atoms with van der Waals surface area (Å²) >= 11 is 0. The highest BCUT2D eigenvalue weighted by atomic mass is 16.5. The molecule has 2 aliphatic rings. The molecular weight excluding hydrogens is 384 g/mol. The summed E-state index contributed by atoms with van der Waals surface area (Å²) in [4.78, 5) is 20.1. The monoisotopic (exact) mass is 406 g/mol. The number of fused-ring (bicyclic) bond motifs is 4. The van der Waals surface area contributed by atoms with Crippen molar-refractivity contribution in [3.63, 3.8) is 0 Å². The lowest BCUT2D eigenvalue weighted by atomic mass is 9.78. The molecule has 1 fully saturated rings. The number of carbonyl (C=O) groups is 1. The third-order valence-electron chi connectivity index (χ3n) is 6.59. The van der Waals surface area contributed by atoms with Crippen molar-refractivity contribution >= 4 is 22.5 Å². The molecule has 3 heterocycles. The van der Waals surface area contributed by atoms with Gasteiger partial charge in [0.05, 0.1) is 17.8 Å². The molecule has 0 N–H and O–H groups in total. The maximum absolute atomic E-state index is 13.7. The van der Waals surface area contributed by atoms with Gasteiger partial charge in [0.25, 0.3) is 5.91 Å². The number of hydrogen-bond acceptors (Lipinski definition) is 3. The quantitative estimate of drug-likeness (QED) is 0.446. The Morgan fingerprint density at radius 2 is 1.74 bits per heavy atom. The predicted molar refractivity (Wildman–Crippen MR) is 121 cm³/mol. The number of hydrogen-bond donors (Lipinski definition) is 0. The fourth-order valence-electron chi connectivity index (χ4n) is 5.09. The fourth-order valence-corrected chi connectivity index (χ4v) is 5.09. The normalized spacial score (nSPS) is 22.4. The van der Waals surface area contributed by atoms with E-state index in [4.69, 9.17) is 4.74 Å². The molecule has 0 radical (unpaired) electrons. The van der Waals surface area contributed by atoms with Gasteiger partial charge in [0.1, 0.15) is 6.23 Å². The van der Waals surface area contributed by atoms with Gasteiger partial charge in [0.15, 0.2) is 0 Å². The van der Waals surface area contributed by atoms with Crippen LogP contribution < -0.4 is 4.90 Å².